The van der Waals surface area contributed by atoms with E-state index in [-0.39, 0.29) is 5.56 Å². The standard InChI is InChI=1S/C13H16N2O3/c1-3-4-7-18-10-5-6-15-11(8-10)12(13(16)17)9(2)14-15/h5-6,8H,3-4,7H2,1-2H3,(H,16,17). The van der Waals surface area contributed by atoms with Gasteiger partial charge in [-0.25, -0.2) is 9.31 Å². The van der Waals surface area contributed by atoms with Gasteiger partial charge in [-0.1, -0.05) is 13.3 Å². The summed E-state index contributed by atoms with van der Waals surface area (Å²) in [6.45, 7) is 4.42. The molecule has 2 aromatic rings. The Labute approximate surface area is 105 Å². The Balaban J connectivity index is 2.36. The van der Waals surface area contributed by atoms with E-state index < -0.39 is 5.97 Å². The number of hydrogen-bond acceptors (Lipinski definition) is 3. The molecule has 0 amide bonds. The topological polar surface area (TPSA) is 63.8 Å². The molecule has 1 N–H and O–H groups in total. The zero-order chi connectivity index (χ0) is 13.1. The van der Waals surface area contributed by atoms with Crippen LogP contribution < -0.4 is 4.74 Å². The number of nitrogens with zero attached hydrogens (tertiary/aromatic N) is 2. The molecule has 5 nitrogen and oxygen atoms in total. The van der Waals surface area contributed by atoms with Gasteiger partial charge in [-0.05, 0) is 19.4 Å². The van der Waals surface area contributed by atoms with Gasteiger partial charge in [0.05, 0.1) is 17.8 Å². The van der Waals surface area contributed by atoms with E-state index in [0.29, 0.717) is 23.6 Å². The summed E-state index contributed by atoms with van der Waals surface area (Å²) in [5, 5.41) is 13.3. The summed E-state index contributed by atoms with van der Waals surface area (Å²) in [7, 11) is 0. The first kappa shape index (κ1) is 12.4. The van der Waals surface area contributed by atoms with Crippen LogP contribution in [0.15, 0.2) is 18.3 Å². The lowest BCUT2D eigenvalue weighted by Crippen LogP contribution is -1.99. The summed E-state index contributed by atoms with van der Waals surface area (Å²) in [6, 6.07) is 3.51. The number of hydrogen-bond donors (Lipinski definition) is 1. The van der Waals surface area contributed by atoms with Gasteiger partial charge in [-0.15, -0.1) is 0 Å². The van der Waals surface area contributed by atoms with Crippen molar-refractivity contribution in [1.82, 2.24) is 9.61 Å². The molecule has 2 heterocycles. The van der Waals surface area contributed by atoms with Crippen LogP contribution in [0.5, 0.6) is 5.75 Å². The highest BCUT2D eigenvalue weighted by Gasteiger charge is 2.16. The number of carboxylic acid groups (broad SMARTS) is 1. The fraction of sp³-hybridized carbons (Fsp3) is 0.385. The number of carboxylic acids is 1. The zero-order valence-electron chi connectivity index (χ0n) is 10.5. The molecule has 0 aromatic carbocycles. The SMILES string of the molecule is CCCCOc1ccn2nc(C)c(C(=O)O)c2c1. The predicted octanol–water partition coefficient (Wildman–Crippen LogP) is 2.52. The Bertz CT molecular complexity index is 575. The van der Waals surface area contributed by atoms with Crippen molar-refractivity contribution in [3.05, 3.63) is 29.6 Å². The van der Waals surface area contributed by atoms with Crippen molar-refractivity contribution in [2.45, 2.75) is 26.7 Å². The molecular formula is C13H16N2O3. The number of unbranched alkanes of at least 4 members (excludes halogenated alkanes) is 1. The summed E-state index contributed by atoms with van der Waals surface area (Å²) < 4.78 is 7.13. The van der Waals surface area contributed by atoms with Crippen LogP contribution in [0.2, 0.25) is 0 Å². The van der Waals surface area contributed by atoms with Crippen LogP contribution in [0.1, 0.15) is 35.8 Å². The molecule has 2 aromatic heterocycles. The molecule has 0 saturated carbocycles. The van der Waals surface area contributed by atoms with Gasteiger partial charge in [0.15, 0.2) is 0 Å². The Morgan fingerprint density at radius 2 is 2.33 bits per heavy atom. The van der Waals surface area contributed by atoms with Crippen molar-refractivity contribution >= 4 is 11.5 Å². The van der Waals surface area contributed by atoms with Gasteiger partial charge in [-0.2, -0.15) is 5.10 Å². The Morgan fingerprint density at radius 3 is 3.00 bits per heavy atom. The number of ether oxygens (including phenoxy) is 1. The molecule has 0 bridgehead atoms. The number of fused-ring (bicyclic) bond motifs is 1. The van der Waals surface area contributed by atoms with Crippen LogP contribution >= 0.6 is 0 Å². The summed E-state index contributed by atoms with van der Waals surface area (Å²) >= 11 is 0. The number of aromatic nitrogens is 2. The summed E-state index contributed by atoms with van der Waals surface area (Å²) in [5.41, 5.74) is 1.30. The van der Waals surface area contributed by atoms with Gasteiger partial charge in [0.1, 0.15) is 11.3 Å². The van der Waals surface area contributed by atoms with Gasteiger partial charge in [0.25, 0.3) is 0 Å². The van der Waals surface area contributed by atoms with Crippen molar-refractivity contribution in [3.63, 3.8) is 0 Å². The third kappa shape index (κ3) is 2.30. The van der Waals surface area contributed by atoms with E-state index in [9.17, 15) is 4.79 Å². The van der Waals surface area contributed by atoms with E-state index in [1.165, 1.54) is 0 Å². The van der Waals surface area contributed by atoms with Crippen LogP contribution in [-0.4, -0.2) is 27.3 Å². The lowest BCUT2D eigenvalue weighted by molar-refractivity contribution is 0.0698. The van der Waals surface area contributed by atoms with Crippen LogP contribution in [0, 0.1) is 6.92 Å². The van der Waals surface area contributed by atoms with Gasteiger partial charge in [0.2, 0.25) is 0 Å². The Morgan fingerprint density at radius 1 is 1.56 bits per heavy atom. The molecule has 0 spiro atoms. The second-order valence-electron chi connectivity index (χ2n) is 4.16. The number of aryl methyl sites for hydroxylation is 1. The van der Waals surface area contributed by atoms with Crippen molar-refractivity contribution < 1.29 is 14.6 Å². The number of aromatic carboxylic acids is 1. The molecular weight excluding hydrogens is 232 g/mol. The summed E-state index contributed by atoms with van der Waals surface area (Å²) in [6.07, 6.45) is 3.76. The predicted molar refractivity (Wildman–Crippen MR) is 67.3 cm³/mol. The van der Waals surface area contributed by atoms with E-state index in [1.807, 2.05) is 0 Å². The molecule has 96 valence electrons. The molecule has 0 radical (unpaired) electrons. The maximum Gasteiger partial charge on any atom is 0.339 e. The second-order valence-corrected chi connectivity index (χ2v) is 4.16. The first-order valence-electron chi connectivity index (χ1n) is 5.98. The van der Waals surface area contributed by atoms with Crippen LogP contribution in [-0.2, 0) is 0 Å². The van der Waals surface area contributed by atoms with Gasteiger partial charge in [0, 0.05) is 12.3 Å². The van der Waals surface area contributed by atoms with Gasteiger partial charge in [-0.3, -0.25) is 0 Å². The molecule has 0 fully saturated rings. The van der Waals surface area contributed by atoms with E-state index in [4.69, 9.17) is 9.84 Å². The highest BCUT2D eigenvalue weighted by molar-refractivity contribution is 5.97. The molecule has 0 unspecified atom stereocenters. The number of carbonyl (C=O) groups is 1. The smallest absolute Gasteiger partial charge is 0.339 e. The monoisotopic (exact) mass is 248 g/mol. The number of rotatable bonds is 5. The van der Waals surface area contributed by atoms with E-state index >= 15 is 0 Å². The van der Waals surface area contributed by atoms with Crippen LogP contribution in [0.4, 0.5) is 0 Å². The number of pyridine rings is 1. The lowest BCUT2D eigenvalue weighted by Gasteiger charge is -2.05. The average Bonchev–Trinajstić information content (AvgIpc) is 2.64. The Kier molecular flexibility index (Phi) is 3.50. The van der Waals surface area contributed by atoms with Crippen molar-refractivity contribution in [1.29, 1.82) is 0 Å². The molecule has 0 aliphatic rings. The van der Waals surface area contributed by atoms with Crippen molar-refractivity contribution in [2.75, 3.05) is 6.61 Å². The quantitative estimate of drug-likeness (QED) is 0.826. The second kappa shape index (κ2) is 5.08. The molecule has 0 saturated heterocycles. The Hall–Kier alpha value is -2.04. The summed E-state index contributed by atoms with van der Waals surface area (Å²) in [5.74, 6) is -0.286. The maximum absolute atomic E-state index is 11.2. The molecule has 0 aliphatic carbocycles. The zero-order valence-corrected chi connectivity index (χ0v) is 10.5. The lowest BCUT2D eigenvalue weighted by atomic mass is 10.2. The highest BCUT2D eigenvalue weighted by atomic mass is 16.5. The van der Waals surface area contributed by atoms with E-state index in [0.717, 1.165) is 12.8 Å². The molecule has 18 heavy (non-hydrogen) atoms. The van der Waals surface area contributed by atoms with Crippen molar-refractivity contribution in [2.24, 2.45) is 0 Å². The van der Waals surface area contributed by atoms with Crippen LogP contribution in [0.3, 0.4) is 0 Å². The normalized spacial score (nSPS) is 10.8. The first-order chi connectivity index (χ1) is 8.63. The maximum atomic E-state index is 11.2. The third-order valence-electron chi connectivity index (χ3n) is 2.76. The largest absolute Gasteiger partial charge is 0.493 e. The minimum absolute atomic E-state index is 0.232. The van der Waals surface area contributed by atoms with E-state index in [1.54, 1.807) is 29.8 Å². The fourth-order valence-corrected chi connectivity index (χ4v) is 1.83. The molecule has 0 aliphatic heterocycles. The highest BCUT2D eigenvalue weighted by Crippen LogP contribution is 2.20. The summed E-state index contributed by atoms with van der Waals surface area (Å²) in [4.78, 5) is 11.2. The molecule has 2 rings (SSSR count). The average molecular weight is 248 g/mol. The first-order valence-corrected chi connectivity index (χ1v) is 5.98. The van der Waals surface area contributed by atoms with Gasteiger partial charge < -0.3 is 9.84 Å². The van der Waals surface area contributed by atoms with Gasteiger partial charge >= 0.3 is 5.97 Å². The van der Waals surface area contributed by atoms with Crippen molar-refractivity contribution in [3.8, 4) is 5.75 Å². The minimum Gasteiger partial charge on any atom is -0.493 e. The van der Waals surface area contributed by atoms with Crippen LogP contribution in [0.25, 0.3) is 5.52 Å². The molecule has 0 atom stereocenters. The fourth-order valence-electron chi connectivity index (χ4n) is 1.83. The minimum atomic E-state index is -0.965. The molecule has 5 heteroatoms. The van der Waals surface area contributed by atoms with E-state index in [2.05, 4.69) is 12.0 Å². The third-order valence-corrected chi connectivity index (χ3v) is 2.76.